The van der Waals surface area contributed by atoms with Gasteiger partial charge in [-0.3, -0.25) is 13.9 Å². The molecule has 0 unspecified atom stereocenters. The van der Waals surface area contributed by atoms with Crippen molar-refractivity contribution < 1.29 is 35.5 Å². The number of hydrogen-bond acceptors (Lipinski definition) is 8. The molecule has 0 spiro atoms. The lowest BCUT2D eigenvalue weighted by molar-refractivity contribution is -0.143. The van der Waals surface area contributed by atoms with Crippen molar-refractivity contribution in [1.82, 2.24) is 0 Å². The molecule has 0 aliphatic heterocycles. The van der Waals surface area contributed by atoms with E-state index >= 15 is 0 Å². The Bertz CT molecular complexity index is 415. The van der Waals surface area contributed by atoms with Gasteiger partial charge in [-0.25, -0.2) is 0 Å². The topological polar surface area (TPSA) is 187 Å². The molecule has 136 valence electrons. The Morgan fingerprint density at radius 2 is 1.32 bits per heavy atom. The molecule has 10 nitrogen and oxygen atoms in total. The summed E-state index contributed by atoms with van der Waals surface area (Å²) in [6.07, 6.45) is 4.75. The van der Waals surface area contributed by atoms with Crippen molar-refractivity contribution in [2.45, 2.75) is 25.7 Å². The molecule has 0 aromatic heterocycles. The quantitative estimate of drug-likeness (QED) is 0.247. The maximum absolute atomic E-state index is 10.9. The van der Waals surface area contributed by atoms with Crippen LogP contribution in [0.25, 0.3) is 0 Å². The van der Waals surface area contributed by atoms with Crippen molar-refractivity contribution in [2.24, 2.45) is 11.5 Å². The fourth-order valence-corrected chi connectivity index (χ4v) is 0.835. The molecule has 0 radical (unpaired) electrons. The molecular weight excluding hydrogens is 340 g/mol. The van der Waals surface area contributed by atoms with Crippen LogP contribution in [0.1, 0.15) is 25.7 Å². The van der Waals surface area contributed by atoms with Crippen molar-refractivity contribution in [1.29, 1.82) is 0 Å². The molecular formula is C10H26N2O8S2. The van der Waals surface area contributed by atoms with Crippen LogP contribution in [0.4, 0.5) is 0 Å². The van der Waals surface area contributed by atoms with Crippen LogP contribution in [0.5, 0.6) is 0 Å². The van der Waals surface area contributed by atoms with E-state index in [1.807, 2.05) is 0 Å². The third-order valence-electron chi connectivity index (χ3n) is 1.47. The fraction of sp³-hybridized carbons (Fsp3) is 0.900. The molecule has 0 bridgehead atoms. The molecule has 0 rings (SSSR count). The monoisotopic (exact) mass is 366 g/mol. The molecule has 6 N–H and O–H groups in total. The summed E-state index contributed by atoms with van der Waals surface area (Å²) in [5, 5.41) is 0. The Hall–Kier alpha value is -0.790. The second-order valence-electron chi connectivity index (χ2n) is 4.07. The van der Waals surface area contributed by atoms with E-state index in [9.17, 15) is 21.6 Å². The average Bonchev–Trinajstić information content (AvgIpc) is 2.28. The third-order valence-corrected chi connectivity index (χ3v) is 1.47. The maximum Gasteiger partial charge on any atom is 0.305 e. The summed E-state index contributed by atoms with van der Waals surface area (Å²) in [6.45, 7) is 1.42. The zero-order chi connectivity index (χ0) is 18.2. The smallest absolute Gasteiger partial charge is 0.305 e. The first-order valence-corrected chi connectivity index (χ1v) is 9.91. The molecule has 0 aromatic rings. The van der Waals surface area contributed by atoms with Gasteiger partial charge in [-0.15, -0.1) is 0 Å². The zero-order valence-electron chi connectivity index (χ0n) is 12.8. The highest BCUT2D eigenvalue weighted by Crippen LogP contribution is 1.99. The number of carbonyl (C=O) groups is 1. The summed E-state index contributed by atoms with van der Waals surface area (Å²) in [5.41, 5.74) is 10.5. The highest BCUT2D eigenvalue weighted by atomic mass is 32.2. The fourth-order valence-electron chi connectivity index (χ4n) is 0.835. The minimum Gasteiger partial charge on any atom is -0.464 e. The molecule has 0 saturated heterocycles. The molecule has 0 aromatic carbocycles. The Kier molecular flexibility index (Phi) is 18.0. The van der Waals surface area contributed by atoms with E-state index < -0.39 is 20.2 Å². The van der Waals surface area contributed by atoms with Gasteiger partial charge in [-0.1, -0.05) is 6.42 Å². The van der Waals surface area contributed by atoms with E-state index in [0.717, 1.165) is 19.3 Å². The van der Waals surface area contributed by atoms with Crippen molar-refractivity contribution in [2.75, 3.05) is 32.2 Å². The van der Waals surface area contributed by atoms with Crippen LogP contribution < -0.4 is 11.5 Å². The zero-order valence-corrected chi connectivity index (χ0v) is 14.4. The summed E-state index contributed by atoms with van der Waals surface area (Å²) in [7, 11) is -7.33. The van der Waals surface area contributed by atoms with Gasteiger partial charge in [0.2, 0.25) is 0 Å². The second kappa shape index (κ2) is 15.1. The molecule has 12 heteroatoms. The second-order valence-corrected chi connectivity index (χ2v) is 7.01. The van der Waals surface area contributed by atoms with Gasteiger partial charge in [-0.2, -0.15) is 16.8 Å². The summed E-state index contributed by atoms with van der Waals surface area (Å²) >= 11 is 0. The standard InChI is InChI=1S/C8H18N2O2.2CH4O3S/c9-5-3-1-2-4-8(11)12-7-6-10;2*1-5(2,3)4/h1-7,9-10H2;2*1H3,(H,2,3,4). The number of hydrogen-bond donors (Lipinski definition) is 4. The van der Waals surface area contributed by atoms with Crippen LogP contribution in [-0.2, 0) is 29.8 Å². The minimum atomic E-state index is -3.67. The first kappa shape index (κ1) is 26.1. The average molecular weight is 366 g/mol. The van der Waals surface area contributed by atoms with Gasteiger partial charge in [0.1, 0.15) is 6.61 Å². The Balaban J connectivity index is -0.000000298. The largest absolute Gasteiger partial charge is 0.464 e. The Morgan fingerprint density at radius 1 is 0.909 bits per heavy atom. The third kappa shape index (κ3) is 75.1. The van der Waals surface area contributed by atoms with Gasteiger partial charge in [0, 0.05) is 13.0 Å². The van der Waals surface area contributed by atoms with E-state index in [1.165, 1.54) is 0 Å². The minimum absolute atomic E-state index is 0.155. The summed E-state index contributed by atoms with van der Waals surface area (Å²) < 4.78 is 56.5. The van der Waals surface area contributed by atoms with Gasteiger partial charge in [0.25, 0.3) is 20.2 Å². The Morgan fingerprint density at radius 3 is 1.64 bits per heavy atom. The van der Waals surface area contributed by atoms with Crippen LogP contribution in [0.2, 0.25) is 0 Å². The van der Waals surface area contributed by atoms with Gasteiger partial charge >= 0.3 is 5.97 Å². The Labute approximate surface area is 131 Å². The van der Waals surface area contributed by atoms with Crippen LogP contribution in [0, 0.1) is 0 Å². The molecule has 0 heterocycles. The van der Waals surface area contributed by atoms with E-state index in [2.05, 4.69) is 0 Å². The van der Waals surface area contributed by atoms with E-state index in [-0.39, 0.29) is 5.97 Å². The number of esters is 1. The predicted molar refractivity (Wildman–Crippen MR) is 82.5 cm³/mol. The lowest BCUT2D eigenvalue weighted by atomic mass is 10.2. The van der Waals surface area contributed by atoms with Crippen molar-refractivity contribution >= 4 is 26.2 Å². The van der Waals surface area contributed by atoms with Crippen molar-refractivity contribution in [3.05, 3.63) is 0 Å². The van der Waals surface area contributed by atoms with E-state index in [1.54, 1.807) is 0 Å². The molecule has 0 atom stereocenters. The lowest BCUT2D eigenvalue weighted by Crippen LogP contribution is -2.13. The molecule has 0 saturated carbocycles. The molecule has 0 aliphatic carbocycles. The van der Waals surface area contributed by atoms with Crippen molar-refractivity contribution in [3.8, 4) is 0 Å². The predicted octanol–water partition coefficient (Wildman–Crippen LogP) is -0.985. The van der Waals surface area contributed by atoms with Gasteiger partial charge < -0.3 is 16.2 Å². The SMILES string of the molecule is CS(=O)(=O)O.CS(=O)(=O)O.NCCCCCC(=O)OCCN. The number of carbonyl (C=O) groups excluding carboxylic acids is 1. The molecule has 22 heavy (non-hydrogen) atoms. The first-order chi connectivity index (χ1) is 9.81. The van der Waals surface area contributed by atoms with E-state index in [0.29, 0.717) is 38.6 Å². The number of unbranched alkanes of at least 4 members (excludes halogenated alkanes) is 2. The molecule has 0 amide bonds. The lowest BCUT2D eigenvalue weighted by Gasteiger charge is -2.01. The maximum atomic E-state index is 10.9. The highest BCUT2D eigenvalue weighted by molar-refractivity contribution is 7.85. The van der Waals surface area contributed by atoms with Crippen LogP contribution in [0.15, 0.2) is 0 Å². The van der Waals surface area contributed by atoms with Crippen LogP contribution in [0.3, 0.4) is 0 Å². The molecule has 0 aliphatic rings. The van der Waals surface area contributed by atoms with E-state index in [4.69, 9.17) is 25.3 Å². The number of rotatable bonds is 7. The van der Waals surface area contributed by atoms with Gasteiger partial charge in [0.15, 0.2) is 0 Å². The number of ether oxygens (including phenoxy) is 1. The summed E-state index contributed by atoms with van der Waals surface area (Å²) in [5.74, 6) is -0.155. The normalized spacial score (nSPS) is 10.6. The van der Waals surface area contributed by atoms with Crippen molar-refractivity contribution in [3.63, 3.8) is 0 Å². The number of nitrogens with two attached hydrogens (primary N) is 2. The van der Waals surface area contributed by atoms with Gasteiger partial charge in [-0.05, 0) is 19.4 Å². The first-order valence-electron chi connectivity index (χ1n) is 6.22. The van der Waals surface area contributed by atoms with Crippen LogP contribution in [-0.4, -0.2) is 64.1 Å². The summed E-state index contributed by atoms with van der Waals surface area (Å²) in [6, 6.07) is 0. The summed E-state index contributed by atoms with van der Waals surface area (Å²) in [4.78, 5) is 10.9. The van der Waals surface area contributed by atoms with Crippen LogP contribution >= 0.6 is 0 Å². The van der Waals surface area contributed by atoms with Gasteiger partial charge in [0.05, 0.1) is 12.5 Å². The highest BCUT2D eigenvalue weighted by Gasteiger charge is 2.00. The molecule has 0 fully saturated rings.